The van der Waals surface area contributed by atoms with Crippen molar-refractivity contribution in [2.24, 2.45) is 4.99 Å². The molecule has 0 bridgehead atoms. The van der Waals surface area contributed by atoms with Gasteiger partial charge in [-0.15, -0.1) is 0 Å². The molecule has 0 fully saturated rings. The fourth-order valence-electron chi connectivity index (χ4n) is 0.891. The highest BCUT2D eigenvalue weighted by molar-refractivity contribution is 5.23. The van der Waals surface area contributed by atoms with Gasteiger partial charge in [0, 0.05) is 6.54 Å². The maximum atomic E-state index is 9.15. The van der Waals surface area contributed by atoms with Crippen LogP contribution < -0.4 is 5.32 Å². The number of nitrogens with zero attached hydrogens (tertiary/aromatic N) is 2. The molecule has 78 valence electrons. The molecule has 0 aromatic heterocycles. The van der Waals surface area contributed by atoms with E-state index in [1.807, 2.05) is 18.9 Å². The van der Waals surface area contributed by atoms with Crippen molar-refractivity contribution >= 4 is 6.72 Å². The Balaban J connectivity index is 3.30. The summed E-state index contributed by atoms with van der Waals surface area (Å²) in [6.45, 7) is 8.95. The van der Waals surface area contributed by atoms with Crippen LogP contribution in [0.15, 0.2) is 4.99 Å². The van der Waals surface area contributed by atoms with Gasteiger partial charge < -0.3 is 5.11 Å². The van der Waals surface area contributed by atoms with E-state index in [-0.39, 0.29) is 12.4 Å². The molecule has 0 aliphatic carbocycles. The molecule has 0 spiro atoms. The Hall–Kier alpha value is -0.450. The first-order valence-corrected chi connectivity index (χ1v) is 4.65. The molecule has 4 heteroatoms. The normalized spacial score (nSPS) is 15.8. The monoisotopic (exact) mass is 187 g/mol. The molecule has 0 radical (unpaired) electrons. The van der Waals surface area contributed by atoms with Crippen molar-refractivity contribution in [3.8, 4) is 0 Å². The van der Waals surface area contributed by atoms with Gasteiger partial charge in [-0.2, -0.15) is 0 Å². The van der Waals surface area contributed by atoms with E-state index in [1.54, 1.807) is 6.92 Å². The molecule has 4 nitrogen and oxygen atoms in total. The smallest absolute Gasteiger partial charge is 0.104 e. The summed E-state index contributed by atoms with van der Waals surface area (Å²) in [7, 11) is 1.90. The van der Waals surface area contributed by atoms with Crippen molar-refractivity contribution in [1.82, 2.24) is 10.2 Å². The van der Waals surface area contributed by atoms with Crippen molar-refractivity contribution in [2.75, 3.05) is 20.1 Å². The van der Waals surface area contributed by atoms with Crippen LogP contribution in [0, 0.1) is 0 Å². The van der Waals surface area contributed by atoms with Crippen LogP contribution in [-0.4, -0.2) is 49.3 Å². The molecule has 0 aromatic rings. The van der Waals surface area contributed by atoms with Crippen LogP contribution in [0.5, 0.6) is 0 Å². The van der Waals surface area contributed by atoms with E-state index in [0.717, 1.165) is 19.5 Å². The van der Waals surface area contributed by atoms with E-state index in [9.17, 15) is 0 Å². The molecule has 0 amide bonds. The molecule has 13 heavy (non-hydrogen) atoms. The van der Waals surface area contributed by atoms with Gasteiger partial charge in [0.25, 0.3) is 0 Å². The van der Waals surface area contributed by atoms with Crippen LogP contribution >= 0.6 is 0 Å². The van der Waals surface area contributed by atoms with E-state index in [1.165, 1.54) is 0 Å². The molecule has 2 atom stereocenters. The predicted molar refractivity (Wildman–Crippen MR) is 55.9 cm³/mol. The molecular formula is C9H21N3O. The number of aliphatic hydroxyl groups is 1. The van der Waals surface area contributed by atoms with Crippen molar-refractivity contribution in [1.29, 1.82) is 0 Å². The summed E-state index contributed by atoms with van der Waals surface area (Å²) in [5.74, 6) is 0. The van der Waals surface area contributed by atoms with E-state index < -0.39 is 0 Å². The molecule has 0 aromatic carbocycles. The standard InChI is InChI=1S/C9H21N3O/c1-8(10-3)11-6-5-7-12(4)9(2)13/h8-9,11,13H,3,5-7H2,1-2,4H3. The minimum atomic E-state index is -0.366. The van der Waals surface area contributed by atoms with Gasteiger partial charge in [-0.05, 0) is 40.6 Å². The third-order valence-electron chi connectivity index (χ3n) is 2.04. The number of rotatable bonds is 7. The molecular weight excluding hydrogens is 166 g/mol. The van der Waals surface area contributed by atoms with Gasteiger partial charge in [-0.3, -0.25) is 15.2 Å². The van der Waals surface area contributed by atoms with Crippen LogP contribution in [-0.2, 0) is 0 Å². The van der Waals surface area contributed by atoms with Crippen LogP contribution in [0.3, 0.4) is 0 Å². The van der Waals surface area contributed by atoms with Gasteiger partial charge in [0.2, 0.25) is 0 Å². The van der Waals surface area contributed by atoms with E-state index in [2.05, 4.69) is 17.0 Å². The van der Waals surface area contributed by atoms with Gasteiger partial charge in [0.15, 0.2) is 0 Å². The number of aliphatic hydroxyl groups excluding tert-OH is 1. The topological polar surface area (TPSA) is 47.9 Å². The van der Waals surface area contributed by atoms with Gasteiger partial charge in [-0.25, -0.2) is 0 Å². The highest BCUT2D eigenvalue weighted by Gasteiger charge is 2.03. The second-order valence-electron chi connectivity index (χ2n) is 3.28. The lowest BCUT2D eigenvalue weighted by Crippen LogP contribution is -2.32. The van der Waals surface area contributed by atoms with Crippen LogP contribution in [0.25, 0.3) is 0 Å². The Morgan fingerprint density at radius 1 is 1.54 bits per heavy atom. The van der Waals surface area contributed by atoms with Crippen molar-refractivity contribution in [2.45, 2.75) is 32.7 Å². The molecule has 0 saturated heterocycles. The molecule has 0 aliphatic rings. The molecule has 2 unspecified atom stereocenters. The third kappa shape index (κ3) is 6.69. The van der Waals surface area contributed by atoms with Crippen molar-refractivity contribution < 1.29 is 5.11 Å². The largest absolute Gasteiger partial charge is 0.379 e. The van der Waals surface area contributed by atoms with Crippen LogP contribution in [0.4, 0.5) is 0 Å². The lowest BCUT2D eigenvalue weighted by Gasteiger charge is -2.19. The summed E-state index contributed by atoms with van der Waals surface area (Å²) in [5.41, 5.74) is 0. The lowest BCUT2D eigenvalue weighted by atomic mass is 10.3. The Kier molecular flexibility index (Phi) is 6.76. The first-order valence-electron chi connectivity index (χ1n) is 4.65. The number of aliphatic imine (C=N–C) groups is 1. The van der Waals surface area contributed by atoms with Crippen molar-refractivity contribution in [3.63, 3.8) is 0 Å². The van der Waals surface area contributed by atoms with Gasteiger partial charge in [-0.1, -0.05) is 0 Å². The summed E-state index contributed by atoms with van der Waals surface area (Å²) in [5, 5.41) is 12.3. The maximum absolute atomic E-state index is 9.15. The van der Waals surface area contributed by atoms with E-state index in [0.29, 0.717) is 0 Å². The summed E-state index contributed by atoms with van der Waals surface area (Å²) >= 11 is 0. The molecule has 2 N–H and O–H groups in total. The summed E-state index contributed by atoms with van der Waals surface area (Å²) < 4.78 is 0. The lowest BCUT2D eigenvalue weighted by molar-refractivity contribution is 0.0378. The van der Waals surface area contributed by atoms with Crippen LogP contribution in [0.2, 0.25) is 0 Å². The van der Waals surface area contributed by atoms with E-state index >= 15 is 0 Å². The third-order valence-corrected chi connectivity index (χ3v) is 2.04. The molecule has 0 saturated carbocycles. The fourth-order valence-corrected chi connectivity index (χ4v) is 0.891. The number of hydrogen-bond acceptors (Lipinski definition) is 4. The Bertz CT molecular complexity index is 139. The molecule has 0 rings (SSSR count). The van der Waals surface area contributed by atoms with Crippen molar-refractivity contribution in [3.05, 3.63) is 0 Å². The van der Waals surface area contributed by atoms with E-state index in [4.69, 9.17) is 5.11 Å². The summed E-state index contributed by atoms with van der Waals surface area (Å²) in [6.07, 6.45) is 0.758. The zero-order valence-corrected chi connectivity index (χ0v) is 8.82. The quantitative estimate of drug-likeness (QED) is 0.342. The van der Waals surface area contributed by atoms with Gasteiger partial charge >= 0.3 is 0 Å². The first-order chi connectivity index (χ1) is 6.07. The Morgan fingerprint density at radius 3 is 2.62 bits per heavy atom. The minimum absolute atomic E-state index is 0.122. The average Bonchev–Trinajstić information content (AvgIpc) is 2.11. The zero-order valence-electron chi connectivity index (χ0n) is 8.82. The summed E-state index contributed by atoms with van der Waals surface area (Å²) in [6, 6.07) is 0. The number of hydrogen-bond donors (Lipinski definition) is 2. The minimum Gasteiger partial charge on any atom is -0.379 e. The van der Waals surface area contributed by atoms with Gasteiger partial charge in [0.05, 0.1) is 6.17 Å². The Morgan fingerprint density at radius 2 is 2.15 bits per heavy atom. The Labute approximate surface area is 80.7 Å². The predicted octanol–water partition coefficient (Wildman–Crippen LogP) is 0.283. The first kappa shape index (κ1) is 12.6. The fraction of sp³-hybridized carbons (Fsp3) is 0.889. The van der Waals surface area contributed by atoms with Gasteiger partial charge in [0.1, 0.15) is 6.23 Å². The highest BCUT2D eigenvalue weighted by Crippen LogP contribution is 1.92. The zero-order chi connectivity index (χ0) is 10.3. The maximum Gasteiger partial charge on any atom is 0.104 e. The summed E-state index contributed by atoms with van der Waals surface area (Å²) in [4.78, 5) is 5.71. The molecule has 0 aliphatic heterocycles. The second-order valence-corrected chi connectivity index (χ2v) is 3.28. The molecule has 0 heterocycles. The number of nitrogens with one attached hydrogen (secondary N) is 1. The second kappa shape index (κ2) is 7.00. The van der Waals surface area contributed by atoms with Crippen LogP contribution in [0.1, 0.15) is 20.3 Å². The highest BCUT2D eigenvalue weighted by atomic mass is 16.3. The SMILES string of the molecule is C=NC(C)NCCCN(C)C(C)O. The average molecular weight is 187 g/mol.